The number of hydrogen-bond acceptors (Lipinski definition) is 8. The van der Waals surface area contributed by atoms with Gasteiger partial charge in [-0.05, 0) is 44.0 Å². The zero-order valence-corrected chi connectivity index (χ0v) is 21.5. The van der Waals surface area contributed by atoms with Crippen LogP contribution in [-0.2, 0) is 0 Å². The lowest BCUT2D eigenvalue weighted by molar-refractivity contribution is 0.187. The molecule has 0 bridgehead atoms. The number of nitrogens with one attached hydrogen (secondary N) is 2. The van der Waals surface area contributed by atoms with E-state index >= 15 is 0 Å². The predicted molar refractivity (Wildman–Crippen MR) is 147 cm³/mol. The monoisotopic (exact) mass is 497 g/mol. The predicted octanol–water partition coefficient (Wildman–Crippen LogP) is 4.28. The molecule has 2 aliphatic heterocycles. The van der Waals surface area contributed by atoms with Crippen molar-refractivity contribution in [3.05, 3.63) is 61.2 Å². The largest absolute Gasteiger partial charge is 0.380 e. The Kier molecular flexibility index (Phi) is 7.78. The zero-order valence-electron chi connectivity index (χ0n) is 21.5. The lowest BCUT2D eigenvalue weighted by Gasteiger charge is -2.31. The van der Waals surface area contributed by atoms with Crippen LogP contribution in [0.3, 0.4) is 0 Å². The number of nitrogens with zero attached hydrogens (tertiary/aromatic N) is 7. The van der Waals surface area contributed by atoms with Crippen molar-refractivity contribution in [2.24, 2.45) is 0 Å². The van der Waals surface area contributed by atoms with Crippen molar-refractivity contribution in [3.63, 3.8) is 0 Å². The molecule has 4 heterocycles. The summed E-state index contributed by atoms with van der Waals surface area (Å²) in [6.45, 7) is 12.3. The molecule has 2 aliphatic rings. The molecule has 5 rings (SSSR count). The Bertz CT molecular complexity index is 1240. The number of likely N-dealkylation sites (tertiary alicyclic amines) is 2. The third-order valence-electron chi connectivity index (χ3n) is 7.38. The van der Waals surface area contributed by atoms with Crippen LogP contribution in [0.5, 0.6) is 0 Å². The van der Waals surface area contributed by atoms with Gasteiger partial charge in [0.15, 0.2) is 0 Å². The van der Waals surface area contributed by atoms with Crippen LogP contribution in [0, 0.1) is 11.3 Å². The van der Waals surface area contributed by atoms with Crippen molar-refractivity contribution in [2.75, 3.05) is 49.9 Å². The Morgan fingerprint density at radius 1 is 1.08 bits per heavy atom. The van der Waals surface area contributed by atoms with Gasteiger partial charge in [0.25, 0.3) is 0 Å². The van der Waals surface area contributed by atoms with E-state index in [1.807, 2.05) is 42.9 Å². The van der Waals surface area contributed by atoms with Gasteiger partial charge >= 0.3 is 0 Å². The third-order valence-corrected chi connectivity index (χ3v) is 7.38. The van der Waals surface area contributed by atoms with Crippen LogP contribution in [0.1, 0.15) is 37.8 Å². The SMILES string of the molecule is C=CCN1CC[C@@H](Nc2cc(Nc3ncc(-c4cnn(C5CCN(CC)CC5)c4)cn3)ccc2C#N)C1. The molecule has 1 aromatic carbocycles. The molecule has 37 heavy (non-hydrogen) atoms. The van der Waals surface area contributed by atoms with Crippen LogP contribution in [0.15, 0.2) is 55.6 Å². The van der Waals surface area contributed by atoms with Gasteiger partial charge in [-0.2, -0.15) is 10.4 Å². The Morgan fingerprint density at radius 3 is 2.59 bits per heavy atom. The van der Waals surface area contributed by atoms with Crippen LogP contribution in [0.2, 0.25) is 0 Å². The number of rotatable bonds is 9. The Morgan fingerprint density at radius 2 is 1.86 bits per heavy atom. The van der Waals surface area contributed by atoms with E-state index in [9.17, 15) is 5.26 Å². The maximum atomic E-state index is 9.59. The van der Waals surface area contributed by atoms with Gasteiger partial charge in [-0.15, -0.1) is 6.58 Å². The number of hydrogen-bond donors (Lipinski definition) is 2. The average Bonchev–Trinajstić information content (AvgIpc) is 3.60. The van der Waals surface area contributed by atoms with Crippen molar-refractivity contribution in [1.29, 1.82) is 5.26 Å². The van der Waals surface area contributed by atoms with Gasteiger partial charge in [0.05, 0.1) is 23.5 Å². The summed E-state index contributed by atoms with van der Waals surface area (Å²) in [6.07, 6.45) is 12.9. The molecule has 2 fully saturated rings. The van der Waals surface area contributed by atoms with E-state index in [2.05, 4.69) is 66.0 Å². The summed E-state index contributed by atoms with van der Waals surface area (Å²) in [5, 5.41) is 21.0. The molecule has 0 spiro atoms. The highest BCUT2D eigenvalue weighted by Crippen LogP contribution is 2.27. The summed E-state index contributed by atoms with van der Waals surface area (Å²) in [7, 11) is 0. The maximum Gasteiger partial charge on any atom is 0.227 e. The highest BCUT2D eigenvalue weighted by molar-refractivity contribution is 5.68. The molecule has 192 valence electrons. The molecule has 9 nitrogen and oxygen atoms in total. The van der Waals surface area contributed by atoms with E-state index in [1.54, 1.807) is 0 Å². The Hall–Kier alpha value is -3.74. The summed E-state index contributed by atoms with van der Waals surface area (Å²) < 4.78 is 2.10. The minimum Gasteiger partial charge on any atom is -0.380 e. The second-order valence-electron chi connectivity index (χ2n) is 9.85. The molecule has 0 radical (unpaired) electrons. The summed E-state index contributed by atoms with van der Waals surface area (Å²) in [5.41, 5.74) is 4.25. The molecule has 2 N–H and O–H groups in total. The van der Waals surface area contributed by atoms with Gasteiger partial charge < -0.3 is 15.5 Å². The summed E-state index contributed by atoms with van der Waals surface area (Å²) in [4.78, 5) is 13.9. The van der Waals surface area contributed by atoms with Gasteiger partial charge in [0, 0.05) is 74.2 Å². The summed E-state index contributed by atoms with van der Waals surface area (Å²) >= 11 is 0. The minimum atomic E-state index is 0.304. The first-order chi connectivity index (χ1) is 18.1. The van der Waals surface area contributed by atoms with E-state index in [0.29, 0.717) is 23.6 Å². The smallest absolute Gasteiger partial charge is 0.227 e. The molecule has 9 heteroatoms. The van der Waals surface area contributed by atoms with Gasteiger partial charge in [-0.25, -0.2) is 9.97 Å². The standard InChI is InChI=1S/C28H35N9/c1-3-10-36-11-7-25(20-36)33-27-14-24(6-5-21(27)15-29)34-28-30-16-22(17-31-28)23-18-32-37(19-23)26-8-12-35(4-2)13-9-26/h3,5-6,14,16-19,25-26,33H,1,4,7-13,20H2,2H3,(H,30,31,34)/t25-/m1/s1. The highest BCUT2D eigenvalue weighted by atomic mass is 15.3. The topological polar surface area (TPSA) is 97.9 Å². The lowest BCUT2D eigenvalue weighted by atomic mass is 10.1. The molecule has 0 aliphatic carbocycles. The number of piperidine rings is 1. The van der Waals surface area contributed by atoms with Crippen molar-refractivity contribution < 1.29 is 0 Å². The number of benzene rings is 1. The molecule has 2 saturated heterocycles. The average molecular weight is 498 g/mol. The lowest BCUT2D eigenvalue weighted by Crippen LogP contribution is -2.34. The first kappa shape index (κ1) is 24.9. The molecule has 0 amide bonds. The van der Waals surface area contributed by atoms with Crippen molar-refractivity contribution >= 4 is 17.3 Å². The maximum absolute atomic E-state index is 9.59. The highest BCUT2D eigenvalue weighted by Gasteiger charge is 2.22. The van der Waals surface area contributed by atoms with E-state index < -0.39 is 0 Å². The molecular weight excluding hydrogens is 462 g/mol. The first-order valence-electron chi connectivity index (χ1n) is 13.1. The van der Waals surface area contributed by atoms with E-state index in [-0.39, 0.29) is 0 Å². The molecule has 0 saturated carbocycles. The van der Waals surface area contributed by atoms with E-state index in [0.717, 1.165) is 81.0 Å². The van der Waals surface area contributed by atoms with Gasteiger partial charge in [0.2, 0.25) is 5.95 Å². The zero-order chi connectivity index (χ0) is 25.6. The van der Waals surface area contributed by atoms with Crippen LogP contribution < -0.4 is 10.6 Å². The van der Waals surface area contributed by atoms with Gasteiger partial charge in [0.1, 0.15) is 6.07 Å². The third kappa shape index (κ3) is 5.98. The molecule has 3 aromatic rings. The second kappa shape index (κ2) is 11.5. The van der Waals surface area contributed by atoms with Gasteiger partial charge in [-0.3, -0.25) is 9.58 Å². The summed E-state index contributed by atoms with van der Waals surface area (Å²) in [6, 6.07) is 8.72. The normalized spacial score (nSPS) is 19.0. The van der Waals surface area contributed by atoms with Crippen LogP contribution in [0.4, 0.5) is 17.3 Å². The Labute approximate surface area is 218 Å². The van der Waals surface area contributed by atoms with E-state index in [1.165, 1.54) is 0 Å². The molecule has 2 aromatic heterocycles. The molecule has 0 unspecified atom stereocenters. The van der Waals surface area contributed by atoms with Crippen LogP contribution >= 0.6 is 0 Å². The first-order valence-corrected chi connectivity index (χ1v) is 13.1. The minimum absolute atomic E-state index is 0.304. The van der Waals surface area contributed by atoms with Crippen LogP contribution in [0.25, 0.3) is 11.1 Å². The second-order valence-corrected chi connectivity index (χ2v) is 9.85. The Balaban J connectivity index is 1.22. The van der Waals surface area contributed by atoms with Crippen molar-refractivity contribution in [3.8, 4) is 17.2 Å². The fraction of sp³-hybridized carbons (Fsp3) is 0.429. The fourth-order valence-corrected chi connectivity index (χ4v) is 5.22. The fourth-order valence-electron chi connectivity index (χ4n) is 5.22. The number of nitriles is 1. The van der Waals surface area contributed by atoms with Crippen molar-refractivity contribution in [1.82, 2.24) is 29.5 Å². The summed E-state index contributed by atoms with van der Waals surface area (Å²) in [5.74, 6) is 0.511. The van der Waals surface area contributed by atoms with Gasteiger partial charge in [-0.1, -0.05) is 13.0 Å². The molecular formula is C28H35N9. The number of aromatic nitrogens is 4. The quantitative estimate of drug-likeness (QED) is 0.423. The van der Waals surface area contributed by atoms with Crippen LogP contribution in [-0.4, -0.2) is 74.9 Å². The van der Waals surface area contributed by atoms with Crippen molar-refractivity contribution in [2.45, 2.75) is 38.3 Å². The van der Waals surface area contributed by atoms with E-state index in [4.69, 9.17) is 0 Å². The molecule has 1 atom stereocenters. The number of anilines is 3.